The van der Waals surface area contributed by atoms with Gasteiger partial charge in [0.15, 0.2) is 6.10 Å². The van der Waals surface area contributed by atoms with E-state index in [1.165, 1.54) is 0 Å². The molecule has 1 fully saturated rings. The first-order valence-electron chi connectivity index (χ1n) is 6.60. The molecule has 1 aliphatic rings. The Morgan fingerprint density at radius 3 is 2.57 bits per heavy atom. The number of piperazine rings is 1. The molecule has 1 N–H and O–H groups in total. The molecule has 2 rings (SSSR count). The zero-order valence-electron chi connectivity index (χ0n) is 11.9. The molecule has 1 aromatic carbocycles. The van der Waals surface area contributed by atoms with Crippen molar-refractivity contribution in [1.82, 2.24) is 10.2 Å². The lowest BCUT2D eigenvalue weighted by Crippen LogP contribution is -2.54. The predicted octanol–water partition coefficient (Wildman–Crippen LogP) is 3.00. The van der Waals surface area contributed by atoms with Gasteiger partial charge in [0, 0.05) is 35.7 Å². The molecule has 0 spiro atoms. The van der Waals surface area contributed by atoms with Crippen LogP contribution in [0.15, 0.2) is 18.2 Å². The van der Waals surface area contributed by atoms with Crippen molar-refractivity contribution in [3.8, 4) is 5.75 Å². The highest BCUT2D eigenvalue weighted by atomic mass is 35.5. The van der Waals surface area contributed by atoms with E-state index in [1.807, 2.05) is 4.90 Å². The van der Waals surface area contributed by atoms with Crippen LogP contribution in [0.3, 0.4) is 0 Å². The summed E-state index contributed by atoms with van der Waals surface area (Å²) >= 11 is 11.8. The van der Waals surface area contributed by atoms with Gasteiger partial charge in [0.05, 0.1) is 0 Å². The van der Waals surface area contributed by atoms with Crippen molar-refractivity contribution in [2.24, 2.45) is 0 Å². The Labute approximate surface area is 141 Å². The molecular formula is C14H19Cl3N2O2. The maximum Gasteiger partial charge on any atom is 0.263 e. The first-order valence-corrected chi connectivity index (χ1v) is 7.36. The summed E-state index contributed by atoms with van der Waals surface area (Å²) in [6, 6.07) is 5.23. The van der Waals surface area contributed by atoms with E-state index in [-0.39, 0.29) is 18.3 Å². The number of hydrogen-bond acceptors (Lipinski definition) is 3. The van der Waals surface area contributed by atoms with Gasteiger partial charge < -0.3 is 15.0 Å². The molecule has 0 radical (unpaired) electrons. The van der Waals surface area contributed by atoms with E-state index < -0.39 is 6.10 Å². The zero-order chi connectivity index (χ0) is 14.7. The minimum atomic E-state index is -0.560. The lowest BCUT2D eigenvalue weighted by molar-refractivity contribution is -0.139. The Hall–Kier alpha value is -0.680. The van der Waals surface area contributed by atoms with Crippen molar-refractivity contribution in [2.75, 3.05) is 19.6 Å². The van der Waals surface area contributed by atoms with Gasteiger partial charge in [-0.3, -0.25) is 4.79 Å². The molecule has 1 heterocycles. The smallest absolute Gasteiger partial charge is 0.263 e. The molecule has 0 aromatic heterocycles. The van der Waals surface area contributed by atoms with Gasteiger partial charge >= 0.3 is 0 Å². The Kier molecular flexibility index (Phi) is 7.07. The van der Waals surface area contributed by atoms with Crippen LogP contribution in [-0.4, -0.2) is 42.6 Å². The van der Waals surface area contributed by atoms with Crippen LogP contribution in [-0.2, 0) is 4.79 Å². The Morgan fingerprint density at radius 2 is 2.00 bits per heavy atom. The minimum Gasteiger partial charge on any atom is -0.481 e. The van der Waals surface area contributed by atoms with E-state index in [2.05, 4.69) is 12.2 Å². The second-order valence-corrected chi connectivity index (χ2v) is 5.88. The van der Waals surface area contributed by atoms with Crippen molar-refractivity contribution in [3.05, 3.63) is 28.2 Å². The number of carbonyl (C=O) groups excluding carboxylic acids is 1. The number of nitrogens with zero attached hydrogens (tertiary/aromatic N) is 1. The number of ether oxygens (including phenoxy) is 1. The van der Waals surface area contributed by atoms with Gasteiger partial charge in [-0.1, -0.05) is 23.2 Å². The number of rotatable bonds is 3. The number of nitrogens with one attached hydrogen (secondary N) is 1. The molecule has 1 amide bonds. The van der Waals surface area contributed by atoms with E-state index in [1.54, 1.807) is 25.1 Å². The highest BCUT2D eigenvalue weighted by Gasteiger charge is 2.25. The second-order valence-electron chi connectivity index (χ2n) is 5.00. The lowest BCUT2D eigenvalue weighted by atomic mass is 10.2. The first-order chi connectivity index (χ1) is 9.45. The summed E-state index contributed by atoms with van der Waals surface area (Å²) in [5.41, 5.74) is 0. The molecule has 1 saturated heterocycles. The lowest BCUT2D eigenvalue weighted by Gasteiger charge is -2.33. The average Bonchev–Trinajstić information content (AvgIpc) is 2.36. The third-order valence-corrected chi connectivity index (χ3v) is 3.61. The number of hydrogen-bond donors (Lipinski definition) is 1. The van der Waals surface area contributed by atoms with Gasteiger partial charge in [-0.05, 0) is 32.0 Å². The van der Waals surface area contributed by atoms with Gasteiger partial charge in [0.25, 0.3) is 5.91 Å². The van der Waals surface area contributed by atoms with Gasteiger partial charge in [-0.25, -0.2) is 0 Å². The van der Waals surface area contributed by atoms with Crippen LogP contribution in [0.1, 0.15) is 13.8 Å². The summed E-state index contributed by atoms with van der Waals surface area (Å²) in [4.78, 5) is 14.1. The molecule has 0 saturated carbocycles. The van der Waals surface area contributed by atoms with Crippen LogP contribution < -0.4 is 10.1 Å². The third kappa shape index (κ3) is 5.22. The predicted molar refractivity (Wildman–Crippen MR) is 87.8 cm³/mol. The van der Waals surface area contributed by atoms with Gasteiger partial charge in [0.2, 0.25) is 0 Å². The molecule has 1 aliphatic heterocycles. The second kappa shape index (κ2) is 8.08. The Bertz CT molecular complexity index is 479. The SMILES string of the molecule is CC1CN(C(=O)C(C)Oc2cc(Cl)cc(Cl)c2)CCN1.Cl. The molecule has 1 aromatic rings. The van der Waals surface area contributed by atoms with Crippen molar-refractivity contribution in [1.29, 1.82) is 0 Å². The standard InChI is InChI=1S/C14H18Cl2N2O2.ClH/c1-9-8-18(4-3-17-9)14(19)10(2)20-13-6-11(15)5-12(16)7-13;/h5-7,9-10,17H,3-4,8H2,1-2H3;1H. The first kappa shape index (κ1) is 18.4. The number of carbonyl (C=O) groups is 1. The fraction of sp³-hybridized carbons (Fsp3) is 0.500. The molecular weight excluding hydrogens is 335 g/mol. The molecule has 0 aliphatic carbocycles. The summed E-state index contributed by atoms with van der Waals surface area (Å²) in [7, 11) is 0. The quantitative estimate of drug-likeness (QED) is 0.908. The number of benzene rings is 1. The molecule has 2 unspecified atom stereocenters. The maximum absolute atomic E-state index is 12.3. The van der Waals surface area contributed by atoms with Crippen molar-refractivity contribution in [2.45, 2.75) is 26.0 Å². The summed E-state index contributed by atoms with van der Waals surface area (Å²) in [5.74, 6) is 0.487. The van der Waals surface area contributed by atoms with Crippen LogP contribution >= 0.6 is 35.6 Å². The number of halogens is 3. The molecule has 2 atom stereocenters. The topological polar surface area (TPSA) is 41.6 Å². The molecule has 0 bridgehead atoms. The van der Waals surface area contributed by atoms with Crippen LogP contribution in [0.2, 0.25) is 10.0 Å². The van der Waals surface area contributed by atoms with Crippen molar-refractivity contribution < 1.29 is 9.53 Å². The average molecular weight is 354 g/mol. The summed E-state index contributed by atoms with van der Waals surface area (Å²) in [6.45, 7) is 6.00. The highest BCUT2D eigenvalue weighted by Crippen LogP contribution is 2.25. The maximum atomic E-state index is 12.3. The van der Waals surface area contributed by atoms with E-state index in [4.69, 9.17) is 27.9 Å². The molecule has 4 nitrogen and oxygen atoms in total. The van der Waals surface area contributed by atoms with Crippen molar-refractivity contribution >= 4 is 41.5 Å². The summed E-state index contributed by atoms with van der Waals surface area (Å²) in [6.07, 6.45) is -0.560. The third-order valence-electron chi connectivity index (χ3n) is 3.18. The monoisotopic (exact) mass is 352 g/mol. The highest BCUT2D eigenvalue weighted by molar-refractivity contribution is 6.34. The van der Waals surface area contributed by atoms with Gasteiger partial charge in [-0.15, -0.1) is 12.4 Å². The van der Waals surface area contributed by atoms with Crippen molar-refractivity contribution in [3.63, 3.8) is 0 Å². The van der Waals surface area contributed by atoms with E-state index in [0.717, 1.165) is 6.54 Å². The normalized spacial score (nSPS) is 19.6. The fourth-order valence-electron chi connectivity index (χ4n) is 2.24. The van der Waals surface area contributed by atoms with Crippen LogP contribution in [0.5, 0.6) is 5.75 Å². The van der Waals surface area contributed by atoms with E-state index >= 15 is 0 Å². The van der Waals surface area contributed by atoms with Crippen LogP contribution in [0.4, 0.5) is 0 Å². The van der Waals surface area contributed by atoms with E-state index in [0.29, 0.717) is 34.9 Å². The van der Waals surface area contributed by atoms with E-state index in [9.17, 15) is 4.79 Å². The molecule has 21 heavy (non-hydrogen) atoms. The fourth-order valence-corrected chi connectivity index (χ4v) is 2.75. The van der Waals surface area contributed by atoms with Gasteiger partial charge in [0.1, 0.15) is 5.75 Å². The Morgan fingerprint density at radius 1 is 1.38 bits per heavy atom. The number of amides is 1. The largest absolute Gasteiger partial charge is 0.481 e. The minimum absolute atomic E-state index is 0. The summed E-state index contributed by atoms with van der Waals surface area (Å²) in [5, 5.41) is 4.28. The molecule has 118 valence electrons. The molecule has 7 heteroatoms. The van der Waals surface area contributed by atoms with Gasteiger partial charge in [-0.2, -0.15) is 0 Å². The summed E-state index contributed by atoms with van der Waals surface area (Å²) < 4.78 is 5.65. The van der Waals surface area contributed by atoms with Crippen LogP contribution in [0.25, 0.3) is 0 Å². The Balaban J connectivity index is 0.00000220. The zero-order valence-corrected chi connectivity index (χ0v) is 14.3. The van der Waals surface area contributed by atoms with Crippen LogP contribution in [0, 0.1) is 0 Å².